The van der Waals surface area contributed by atoms with Crippen LogP contribution in [0.1, 0.15) is 6.92 Å². The molecule has 0 radical (unpaired) electrons. The van der Waals surface area contributed by atoms with E-state index in [1.807, 2.05) is 0 Å². The van der Waals surface area contributed by atoms with E-state index >= 15 is 0 Å². The Balaban J connectivity index is 1.57. The standard InChI is InChI=1S/C19H17F2N3O3S2/c1-11(25)24(2)12-3-5-13(6-4-12)27-10-17(26)23-19-22-15-8-7-14(28-18(20)21)9-16(15)29-19/h3-9,18H,10H2,1-2H3,(H,22,23,26). The van der Waals surface area contributed by atoms with Crippen LogP contribution in [0.3, 0.4) is 0 Å². The highest BCUT2D eigenvalue weighted by Crippen LogP contribution is 2.32. The molecule has 6 nitrogen and oxygen atoms in total. The molecule has 0 unspecified atom stereocenters. The van der Waals surface area contributed by atoms with E-state index in [0.29, 0.717) is 43.4 Å². The third kappa shape index (κ3) is 5.64. The minimum Gasteiger partial charge on any atom is -0.484 e. The Morgan fingerprint density at radius 2 is 1.97 bits per heavy atom. The van der Waals surface area contributed by atoms with Crippen molar-refractivity contribution in [2.24, 2.45) is 0 Å². The van der Waals surface area contributed by atoms with Crippen molar-refractivity contribution in [2.75, 3.05) is 23.9 Å². The number of nitrogens with one attached hydrogen (secondary N) is 1. The first-order chi connectivity index (χ1) is 13.8. The number of hydrogen-bond acceptors (Lipinski definition) is 6. The number of carbonyl (C=O) groups excluding carboxylic acids is 2. The maximum absolute atomic E-state index is 12.5. The van der Waals surface area contributed by atoms with Crippen molar-refractivity contribution in [3.8, 4) is 5.75 Å². The van der Waals surface area contributed by atoms with Crippen molar-refractivity contribution >= 4 is 55.9 Å². The minimum atomic E-state index is -2.49. The molecule has 29 heavy (non-hydrogen) atoms. The molecular formula is C19H17F2N3O3S2. The number of amides is 2. The van der Waals surface area contributed by atoms with Crippen LogP contribution < -0.4 is 15.0 Å². The van der Waals surface area contributed by atoms with Gasteiger partial charge in [-0.25, -0.2) is 4.98 Å². The number of benzene rings is 2. The molecule has 2 amide bonds. The van der Waals surface area contributed by atoms with Crippen LogP contribution in [0.15, 0.2) is 47.4 Å². The van der Waals surface area contributed by atoms with E-state index in [1.165, 1.54) is 23.2 Å². The summed E-state index contributed by atoms with van der Waals surface area (Å²) in [5.74, 6) is -2.49. The van der Waals surface area contributed by atoms with E-state index in [9.17, 15) is 18.4 Å². The molecule has 3 aromatic rings. The Morgan fingerprint density at radius 3 is 2.62 bits per heavy atom. The number of carbonyl (C=O) groups is 2. The van der Waals surface area contributed by atoms with Crippen LogP contribution in [0.4, 0.5) is 19.6 Å². The van der Waals surface area contributed by atoms with Crippen LogP contribution in [-0.4, -0.2) is 36.2 Å². The number of nitrogens with zero attached hydrogens (tertiary/aromatic N) is 2. The highest BCUT2D eigenvalue weighted by atomic mass is 32.2. The summed E-state index contributed by atoms with van der Waals surface area (Å²) in [5.41, 5.74) is 1.34. The maximum atomic E-state index is 12.5. The van der Waals surface area contributed by atoms with Crippen molar-refractivity contribution in [1.82, 2.24) is 4.98 Å². The van der Waals surface area contributed by atoms with Gasteiger partial charge in [-0.05, 0) is 42.5 Å². The first-order valence-corrected chi connectivity index (χ1v) is 10.1. The zero-order chi connectivity index (χ0) is 21.0. The van der Waals surface area contributed by atoms with Gasteiger partial charge in [-0.1, -0.05) is 23.1 Å². The van der Waals surface area contributed by atoms with Gasteiger partial charge in [0.05, 0.1) is 10.2 Å². The van der Waals surface area contributed by atoms with Crippen LogP contribution in [-0.2, 0) is 9.59 Å². The highest BCUT2D eigenvalue weighted by Gasteiger charge is 2.12. The van der Waals surface area contributed by atoms with Crippen molar-refractivity contribution < 1.29 is 23.1 Å². The Morgan fingerprint density at radius 1 is 1.24 bits per heavy atom. The average Bonchev–Trinajstić information content (AvgIpc) is 3.07. The van der Waals surface area contributed by atoms with Crippen LogP contribution in [0, 0.1) is 0 Å². The fourth-order valence-corrected chi connectivity index (χ4v) is 3.92. The zero-order valence-electron chi connectivity index (χ0n) is 15.5. The SMILES string of the molecule is CC(=O)N(C)c1ccc(OCC(=O)Nc2nc3ccc(SC(F)F)cc3s2)cc1. The molecule has 2 aromatic carbocycles. The quantitative estimate of drug-likeness (QED) is 0.547. The van der Waals surface area contributed by atoms with Crippen molar-refractivity contribution in [2.45, 2.75) is 17.6 Å². The lowest BCUT2D eigenvalue weighted by Gasteiger charge is -2.15. The first-order valence-electron chi connectivity index (χ1n) is 8.44. The molecule has 1 heterocycles. The molecule has 0 aliphatic carbocycles. The molecule has 0 fully saturated rings. The second-order valence-electron chi connectivity index (χ2n) is 5.94. The van der Waals surface area contributed by atoms with Crippen LogP contribution in [0.25, 0.3) is 10.2 Å². The van der Waals surface area contributed by atoms with Gasteiger partial charge in [0.25, 0.3) is 11.7 Å². The fourth-order valence-electron chi connectivity index (χ4n) is 2.39. The van der Waals surface area contributed by atoms with Gasteiger partial charge >= 0.3 is 0 Å². The third-order valence-corrected chi connectivity index (χ3v) is 5.54. The number of rotatable bonds is 7. The van der Waals surface area contributed by atoms with Gasteiger partial charge in [-0.3, -0.25) is 14.9 Å². The van der Waals surface area contributed by atoms with Crippen LogP contribution in [0.2, 0.25) is 0 Å². The summed E-state index contributed by atoms with van der Waals surface area (Å²) >= 11 is 1.66. The predicted octanol–water partition coefficient (Wildman–Crippen LogP) is 4.61. The first kappa shape index (κ1) is 21.0. The molecule has 152 valence electrons. The number of thioether (sulfide) groups is 1. The summed E-state index contributed by atoms with van der Waals surface area (Å²) in [6, 6.07) is 11.6. The number of thiazole rings is 1. The summed E-state index contributed by atoms with van der Waals surface area (Å²) < 4.78 is 31.1. The predicted molar refractivity (Wildman–Crippen MR) is 111 cm³/mol. The number of ether oxygens (including phenoxy) is 1. The average molecular weight is 437 g/mol. The fraction of sp³-hybridized carbons (Fsp3) is 0.211. The van der Waals surface area contributed by atoms with Crippen LogP contribution in [0.5, 0.6) is 5.75 Å². The second-order valence-corrected chi connectivity index (χ2v) is 8.03. The maximum Gasteiger partial charge on any atom is 0.288 e. The Bertz CT molecular complexity index is 1030. The van der Waals surface area contributed by atoms with Gasteiger partial charge in [0.2, 0.25) is 5.91 Å². The molecule has 0 aliphatic heterocycles. The molecule has 0 saturated heterocycles. The van der Waals surface area contributed by atoms with E-state index in [1.54, 1.807) is 49.5 Å². The molecule has 1 N–H and O–H groups in total. The van der Waals surface area contributed by atoms with Gasteiger partial charge in [-0.2, -0.15) is 8.78 Å². The van der Waals surface area contributed by atoms with E-state index in [4.69, 9.17) is 4.74 Å². The lowest BCUT2D eigenvalue weighted by atomic mass is 10.3. The van der Waals surface area contributed by atoms with Crippen molar-refractivity contribution in [3.63, 3.8) is 0 Å². The summed E-state index contributed by atoms with van der Waals surface area (Å²) in [6.07, 6.45) is 0. The number of anilines is 2. The van der Waals surface area contributed by atoms with Gasteiger partial charge in [-0.15, -0.1) is 0 Å². The molecule has 0 spiro atoms. The number of aromatic nitrogens is 1. The Labute approximate surface area is 173 Å². The summed E-state index contributed by atoms with van der Waals surface area (Å²) in [4.78, 5) is 29.7. The molecule has 0 bridgehead atoms. The Kier molecular flexibility index (Phi) is 6.65. The lowest BCUT2D eigenvalue weighted by Crippen LogP contribution is -2.22. The minimum absolute atomic E-state index is 0.0891. The highest BCUT2D eigenvalue weighted by molar-refractivity contribution is 7.99. The van der Waals surface area contributed by atoms with E-state index in [-0.39, 0.29) is 12.5 Å². The molecule has 0 aliphatic rings. The Hall–Kier alpha value is -2.72. The largest absolute Gasteiger partial charge is 0.484 e. The summed E-state index contributed by atoms with van der Waals surface area (Å²) in [5, 5.41) is 3.01. The molecule has 1 aromatic heterocycles. The normalized spacial score (nSPS) is 10.9. The third-order valence-electron chi connectivity index (χ3n) is 3.90. The van der Waals surface area contributed by atoms with Gasteiger partial charge in [0, 0.05) is 24.6 Å². The summed E-state index contributed by atoms with van der Waals surface area (Å²) in [7, 11) is 1.67. The van der Waals surface area contributed by atoms with Crippen molar-refractivity contribution in [3.05, 3.63) is 42.5 Å². The number of alkyl halides is 2. The van der Waals surface area contributed by atoms with Crippen molar-refractivity contribution in [1.29, 1.82) is 0 Å². The number of halogens is 2. The molecule has 0 atom stereocenters. The van der Waals surface area contributed by atoms with E-state index < -0.39 is 11.7 Å². The molecule has 3 rings (SSSR count). The molecule has 0 saturated carbocycles. The lowest BCUT2D eigenvalue weighted by molar-refractivity contribution is -0.118. The van der Waals surface area contributed by atoms with E-state index in [2.05, 4.69) is 10.3 Å². The summed E-state index contributed by atoms with van der Waals surface area (Å²) in [6.45, 7) is 1.25. The zero-order valence-corrected chi connectivity index (χ0v) is 17.2. The number of hydrogen-bond donors (Lipinski definition) is 1. The van der Waals surface area contributed by atoms with Gasteiger partial charge < -0.3 is 9.64 Å². The smallest absolute Gasteiger partial charge is 0.288 e. The molecular weight excluding hydrogens is 420 g/mol. The van der Waals surface area contributed by atoms with Gasteiger partial charge in [0.15, 0.2) is 11.7 Å². The number of fused-ring (bicyclic) bond motifs is 1. The van der Waals surface area contributed by atoms with Crippen LogP contribution >= 0.6 is 23.1 Å². The van der Waals surface area contributed by atoms with Gasteiger partial charge in [0.1, 0.15) is 5.75 Å². The monoisotopic (exact) mass is 437 g/mol. The topological polar surface area (TPSA) is 71.5 Å². The molecule has 10 heteroatoms. The second kappa shape index (κ2) is 9.19. The van der Waals surface area contributed by atoms with E-state index in [0.717, 1.165) is 0 Å².